The number of hydrogen-bond acceptors (Lipinski definition) is 4. The molecule has 4 heteroatoms. The Labute approximate surface area is 275 Å². The van der Waals surface area contributed by atoms with Crippen molar-refractivity contribution in [3.05, 3.63) is 54.1 Å². The fourth-order valence-corrected chi connectivity index (χ4v) is 7.21. The summed E-state index contributed by atoms with van der Waals surface area (Å²) >= 11 is 0. The highest BCUT2D eigenvalue weighted by Crippen LogP contribution is 2.47. The molecule has 0 aliphatic heterocycles. The minimum absolute atomic E-state index is 0.119. The topological polar surface area (TPSA) is 62.5 Å². The molecule has 250 valence electrons. The number of ether oxygens (including phenoxy) is 2. The molecule has 0 bridgehead atoms. The standard InChI is InChI=1S/C41H63NO3/c1-4-6-19-39(17-5-2)45-40-26-24-36(25-27-40)35-20-22-37(23-21-35)38-18-16-28-41(32-38,33-42)31-34(3)44-30-15-13-11-9-7-8-10-12-14-29-43/h20-27,34,38-39,43H,4-19,28-32H2,1-3H3. The minimum Gasteiger partial charge on any atom is -0.490 e. The summed E-state index contributed by atoms with van der Waals surface area (Å²) < 4.78 is 12.5. The predicted molar refractivity (Wildman–Crippen MR) is 189 cm³/mol. The van der Waals surface area contributed by atoms with Crippen LogP contribution in [0.25, 0.3) is 11.1 Å². The van der Waals surface area contributed by atoms with Gasteiger partial charge < -0.3 is 14.6 Å². The zero-order valence-corrected chi connectivity index (χ0v) is 28.9. The van der Waals surface area contributed by atoms with Gasteiger partial charge in [-0.15, -0.1) is 0 Å². The van der Waals surface area contributed by atoms with E-state index in [2.05, 4.69) is 75.4 Å². The Morgan fingerprint density at radius 1 is 0.822 bits per heavy atom. The lowest BCUT2D eigenvalue weighted by molar-refractivity contribution is 0.0267. The number of rotatable bonds is 23. The van der Waals surface area contributed by atoms with Crippen molar-refractivity contribution < 1.29 is 14.6 Å². The van der Waals surface area contributed by atoms with Gasteiger partial charge in [0.1, 0.15) is 5.75 Å². The molecule has 1 N–H and O–H groups in total. The molecule has 4 atom stereocenters. The molecule has 1 aliphatic carbocycles. The number of nitriles is 1. The van der Waals surface area contributed by atoms with E-state index in [9.17, 15) is 5.26 Å². The number of hydrogen-bond donors (Lipinski definition) is 1. The van der Waals surface area contributed by atoms with Crippen LogP contribution in [0.2, 0.25) is 0 Å². The molecule has 0 aromatic heterocycles. The van der Waals surface area contributed by atoms with E-state index in [4.69, 9.17) is 14.6 Å². The van der Waals surface area contributed by atoms with Gasteiger partial charge in [-0.1, -0.05) is 121 Å². The molecule has 0 radical (unpaired) electrons. The lowest BCUT2D eigenvalue weighted by atomic mass is 9.66. The molecule has 2 aromatic carbocycles. The van der Waals surface area contributed by atoms with Crippen molar-refractivity contribution in [2.75, 3.05) is 13.2 Å². The van der Waals surface area contributed by atoms with Crippen LogP contribution in [-0.2, 0) is 4.74 Å². The highest BCUT2D eigenvalue weighted by Gasteiger charge is 2.38. The van der Waals surface area contributed by atoms with Gasteiger partial charge >= 0.3 is 0 Å². The van der Waals surface area contributed by atoms with Gasteiger partial charge in [-0.25, -0.2) is 0 Å². The van der Waals surface area contributed by atoms with Crippen molar-refractivity contribution in [2.45, 2.75) is 161 Å². The Hall–Kier alpha value is -2.35. The zero-order valence-electron chi connectivity index (χ0n) is 28.9. The first-order chi connectivity index (χ1) is 22.0. The van der Waals surface area contributed by atoms with Gasteiger partial charge in [0.2, 0.25) is 0 Å². The predicted octanol–water partition coefficient (Wildman–Crippen LogP) is 11.6. The molecule has 4 unspecified atom stereocenters. The molecule has 0 amide bonds. The molecule has 2 aromatic rings. The molecule has 3 rings (SSSR count). The van der Waals surface area contributed by atoms with E-state index in [0.717, 1.165) is 83.0 Å². The average Bonchev–Trinajstić information content (AvgIpc) is 3.06. The summed E-state index contributed by atoms with van der Waals surface area (Å²) in [4.78, 5) is 0. The Balaban J connectivity index is 1.44. The first-order valence-corrected chi connectivity index (χ1v) is 18.5. The monoisotopic (exact) mass is 617 g/mol. The molecule has 45 heavy (non-hydrogen) atoms. The van der Waals surface area contributed by atoms with E-state index in [0.29, 0.717) is 18.6 Å². The van der Waals surface area contributed by atoms with Gasteiger partial charge in [0, 0.05) is 13.2 Å². The average molecular weight is 618 g/mol. The summed E-state index contributed by atoms with van der Waals surface area (Å²) in [7, 11) is 0. The van der Waals surface area contributed by atoms with Crippen molar-refractivity contribution in [3.63, 3.8) is 0 Å². The summed E-state index contributed by atoms with van der Waals surface area (Å²) in [5.74, 6) is 1.40. The van der Waals surface area contributed by atoms with Crippen LogP contribution in [0.1, 0.15) is 154 Å². The molecule has 1 saturated carbocycles. The molecule has 4 nitrogen and oxygen atoms in total. The third kappa shape index (κ3) is 13.5. The third-order valence-electron chi connectivity index (χ3n) is 9.83. The quantitative estimate of drug-likeness (QED) is 0.126. The number of aliphatic hydroxyl groups is 1. The van der Waals surface area contributed by atoms with E-state index in [1.807, 2.05) is 0 Å². The Morgan fingerprint density at radius 3 is 2.04 bits per heavy atom. The lowest BCUT2D eigenvalue weighted by Crippen LogP contribution is -2.31. The number of aliphatic hydroxyl groups excluding tert-OH is 1. The molecular formula is C41H63NO3. The Morgan fingerprint density at radius 2 is 1.44 bits per heavy atom. The smallest absolute Gasteiger partial charge is 0.119 e. The number of benzene rings is 2. The van der Waals surface area contributed by atoms with E-state index in [1.165, 1.54) is 68.1 Å². The van der Waals surface area contributed by atoms with Crippen molar-refractivity contribution in [2.24, 2.45) is 5.41 Å². The van der Waals surface area contributed by atoms with E-state index in [1.54, 1.807) is 0 Å². The van der Waals surface area contributed by atoms with Gasteiger partial charge in [-0.05, 0) is 93.0 Å². The van der Waals surface area contributed by atoms with Gasteiger partial charge in [0.15, 0.2) is 0 Å². The van der Waals surface area contributed by atoms with Gasteiger partial charge in [0.05, 0.1) is 23.7 Å². The van der Waals surface area contributed by atoms with Crippen LogP contribution in [-0.4, -0.2) is 30.5 Å². The highest BCUT2D eigenvalue weighted by atomic mass is 16.5. The lowest BCUT2D eigenvalue weighted by Gasteiger charge is -2.37. The summed E-state index contributed by atoms with van der Waals surface area (Å²) in [6.45, 7) is 7.76. The molecule has 1 fully saturated rings. The molecular weight excluding hydrogens is 554 g/mol. The van der Waals surface area contributed by atoms with Crippen molar-refractivity contribution in [3.8, 4) is 22.9 Å². The van der Waals surface area contributed by atoms with E-state index < -0.39 is 0 Å². The summed E-state index contributed by atoms with van der Waals surface area (Å²) in [6.07, 6.45) is 22.1. The fourth-order valence-electron chi connectivity index (χ4n) is 7.21. The maximum atomic E-state index is 10.3. The second-order valence-corrected chi connectivity index (χ2v) is 13.8. The number of nitrogens with zero attached hydrogens (tertiary/aromatic N) is 1. The molecule has 1 aliphatic rings. The van der Waals surface area contributed by atoms with Crippen molar-refractivity contribution >= 4 is 0 Å². The maximum Gasteiger partial charge on any atom is 0.119 e. The summed E-state index contributed by atoms with van der Waals surface area (Å²) in [6, 6.07) is 20.4. The molecule has 0 heterocycles. The van der Waals surface area contributed by atoms with Gasteiger partial charge in [-0.2, -0.15) is 5.26 Å². The van der Waals surface area contributed by atoms with Crippen LogP contribution < -0.4 is 4.74 Å². The maximum absolute atomic E-state index is 10.3. The van der Waals surface area contributed by atoms with Crippen LogP contribution in [0.5, 0.6) is 5.75 Å². The second kappa shape index (κ2) is 21.4. The molecule has 0 spiro atoms. The molecule has 0 saturated heterocycles. The minimum atomic E-state index is -0.292. The Bertz CT molecular complexity index is 1080. The first-order valence-electron chi connectivity index (χ1n) is 18.5. The third-order valence-corrected chi connectivity index (χ3v) is 9.83. The second-order valence-electron chi connectivity index (χ2n) is 13.8. The largest absolute Gasteiger partial charge is 0.490 e. The van der Waals surface area contributed by atoms with E-state index in [-0.39, 0.29) is 11.5 Å². The van der Waals surface area contributed by atoms with Crippen LogP contribution in [0.15, 0.2) is 48.5 Å². The number of unbranched alkanes of at least 4 members (excludes halogenated alkanes) is 9. The fraction of sp³-hybridized carbons (Fsp3) is 0.683. The van der Waals surface area contributed by atoms with Gasteiger partial charge in [0.25, 0.3) is 0 Å². The zero-order chi connectivity index (χ0) is 32.2. The summed E-state index contributed by atoms with van der Waals surface area (Å²) in [5.41, 5.74) is 3.51. The van der Waals surface area contributed by atoms with E-state index >= 15 is 0 Å². The van der Waals surface area contributed by atoms with Gasteiger partial charge in [-0.3, -0.25) is 0 Å². The highest BCUT2D eigenvalue weighted by molar-refractivity contribution is 5.64. The van der Waals surface area contributed by atoms with Crippen LogP contribution in [0.3, 0.4) is 0 Å². The first kappa shape index (κ1) is 37.1. The van der Waals surface area contributed by atoms with Crippen LogP contribution >= 0.6 is 0 Å². The SMILES string of the molecule is CCCCC(CCC)Oc1ccc(-c2ccc(C3CCCC(C#N)(CC(C)OCCCCCCCCCCCO)C3)cc2)cc1. The van der Waals surface area contributed by atoms with Crippen LogP contribution in [0.4, 0.5) is 0 Å². The van der Waals surface area contributed by atoms with Crippen molar-refractivity contribution in [1.29, 1.82) is 5.26 Å². The normalized spacial score (nSPS) is 19.6. The van der Waals surface area contributed by atoms with Crippen LogP contribution in [0, 0.1) is 16.7 Å². The summed E-state index contributed by atoms with van der Waals surface area (Å²) in [5, 5.41) is 19.2. The Kier molecular flexibility index (Phi) is 17.7. The van der Waals surface area contributed by atoms with Crippen molar-refractivity contribution in [1.82, 2.24) is 0 Å².